The molecule has 0 fully saturated rings. The number of hydrogen-bond donors (Lipinski definition) is 0. The van der Waals surface area contributed by atoms with Crippen molar-refractivity contribution in [3.63, 3.8) is 0 Å². The maximum atomic E-state index is 2.35. The summed E-state index contributed by atoms with van der Waals surface area (Å²) in [7, 11) is 0. The molecule has 0 amide bonds. The first-order chi connectivity index (χ1) is 10.9. The molecule has 0 saturated carbocycles. The van der Waals surface area contributed by atoms with Gasteiger partial charge in [0, 0.05) is 5.92 Å². The molecule has 0 aliphatic heterocycles. The fraction of sp³-hybridized carbons (Fsp3) is 0.0455. The molecule has 128 valence electrons. The van der Waals surface area contributed by atoms with E-state index in [0.717, 1.165) is 0 Å². The van der Waals surface area contributed by atoms with Crippen molar-refractivity contribution in [3.8, 4) is 11.1 Å². The molecule has 1 aliphatic carbocycles. The fourth-order valence-corrected chi connectivity index (χ4v) is 3.86. The van der Waals surface area contributed by atoms with Gasteiger partial charge in [-0.1, -0.05) is 54.6 Å². The van der Waals surface area contributed by atoms with Crippen LogP contribution in [-0.4, -0.2) is 0 Å². The molecule has 0 unspecified atom stereocenters. The zero-order valence-corrected chi connectivity index (χ0v) is 17.6. The van der Waals surface area contributed by atoms with E-state index in [0.29, 0.717) is 5.92 Å². The fourth-order valence-electron chi connectivity index (χ4n) is 3.86. The van der Waals surface area contributed by atoms with Crippen LogP contribution in [0.5, 0.6) is 0 Å². The third-order valence-corrected chi connectivity index (χ3v) is 4.81. The number of hydrogen-bond acceptors (Lipinski definition) is 0. The van der Waals surface area contributed by atoms with E-state index in [4.69, 9.17) is 0 Å². The van der Waals surface area contributed by atoms with E-state index in [1.54, 1.807) is 0 Å². The zero-order valence-electron chi connectivity index (χ0n) is 13.8. The average Bonchev–Trinajstić information content (AvgIpc) is 3.13. The van der Waals surface area contributed by atoms with Gasteiger partial charge in [0.1, 0.15) is 0 Å². The molecule has 0 N–H and O–H groups in total. The molecule has 4 aromatic carbocycles. The molecule has 0 aromatic heterocycles. The van der Waals surface area contributed by atoms with E-state index in [1.807, 2.05) is 0 Å². The topological polar surface area (TPSA) is 0 Å². The Hall–Kier alpha value is -1.15. The van der Waals surface area contributed by atoms with Crippen molar-refractivity contribution >= 4 is 10.8 Å². The molecule has 0 nitrogen and oxygen atoms in total. The van der Waals surface area contributed by atoms with Gasteiger partial charge in [0.2, 0.25) is 0 Å². The predicted molar refractivity (Wildman–Crippen MR) is 92.4 cm³/mol. The molecule has 4 aromatic rings. The van der Waals surface area contributed by atoms with Gasteiger partial charge in [-0.2, -0.15) is 6.07 Å². The standard InChI is InChI=1S/C22H15.3ClH.Ti/c1-2-8-16-14-17(13-15(16)7-1)22-20-11-5-3-9-18(20)19-10-4-6-12-21(19)22;;;;/h1-14,22H;3*1H;/q-1;;;;+4/p-3. The van der Waals surface area contributed by atoms with Crippen molar-refractivity contribution in [1.29, 1.82) is 0 Å². The van der Waals surface area contributed by atoms with Crippen LogP contribution in [0.3, 0.4) is 0 Å². The third kappa shape index (κ3) is 3.50. The van der Waals surface area contributed by atoms with Gasteiger partial charge in [-0.3, -0.25) is 0 Å². The molecule has 0 heterocycles. The first kappa shape index (κ1) is 22.9. The summed E-state index contributed by atoms with van der Waals surface area (Å²) in [4.78, 5) is 0. The van der Waals surface area contributed by atoms with Crippen LogP contribution in [-0.2, 0) is 21.7 Å². The average molecular weight is 434 g/mol. The molecule has 0 bridgehead atoms. The quantitative estimate of drug-likeness (QED) is 0.192. The number of rotatable bonds is 1. The van der Waals surface area contributed by atoms with E-state index < -0.39 is 0 Å². The van der Waals surface area contributed by atoms with Gasteiger partial charge < -0.3 is 37.2 Å². The van der Waals surface area contributed by atoms with Crippen molar-refractivity contribution in [3.05, 3.63) is 102 Å². The molecule has 0 saturated heterocycles. The molecular formula is C22H15Cl3Ti. The molecular weight excluding hydrogens is 418 g/mol. The van der Waals surface area contributed by atoms with Gasteiger partial charge >= 0.3 is 21.7 Å². The minimum atomic E-state index is 0. The Kier molecular flexibility index (Phi) is 8.08. The van der Waals surface area contributed by atoms with Crippen LogP contribution < -0.4 is 37.2 Å². The number of fused-ring (bicyclic) bond motifs is 4. The van der Waals surface area contributed by atoms with Crippen LogP contribution in [0.15, 0.2) is 84.9 Å². The molecule has 0 radical (unpaired) electrons. The Labute approximate surface area is 187 Å². The molecule has 26 heavy (non-hydrogen) atoms. The summed E-state index contributed by atoms with van der Waals surface area (Å²) < 4.78 is 0. The molecule has 5 rings (SSSR count). The SMILES string of the molecule is [Cl-].[Cl-].[Cl-].[Ti+4].c1ccc2c(c1)-c1ccccc1C2c1cc2ccccc2[cH-]1. The van der Waals surface area contributed by atoms with Crippen molar-refractivity contribution in [2.75, 3.05) is 0 Å². The zero-order chi connectivity index (χ0) is 14.5. The second-order valence-electron chi connectivity index (χ2n) is 6.03. The van der Waals surface area contributed by atoms with E-state index in [9.17, 15) is 0 Å². The van der Waals surface area contributed by atoms with Crippen LogP contribution in [0.4, 0.5) is 0 Å². The van der Waals surface area contributed by atoms with Crippen LogP contribution in [0.2, 0.25) is 0 Å². The third-order valence-electron chi connectivity index (χ3n) is 4.81. The Morgan fingerprint density at radius 1 is 0.615 bits per heavy atom. The Morgan fingerprint density at radius 3 is 1.69 bits per heavy atom. The van der Waals surface area contributed by atoms with Gasteiger partial charge in [-0.25, -0.2) is 0 Å². The van der Waals surface area contributed by atoms with Crippen LogP contribution in [0.25, 0.3) is 21.9 Å². The summed E-state index contributed by atoms with van der Waals surface area (Å²) in [5.74, 6) is 0.361. The van der Waals surface area contributed by atoms with E-state index >= 15 is 0 Å². The predicted octanol–water partition coefficient (Wildman–Crippen LogP) is -3.27. The number of benzene rings is 3. The first-order valence-corrected chi connectivity index (χ1v) is 7.75. The van der Waals surface area contributed by atoms with Gasteiger partial charge in [0.15, 0.2) is 0 Å². The van der Waals surface area contributed by atoms with Crippen molar-refractivity contribution in [2.45, 2.75) is 5.92 Å². The molecule has 0 spiro atoms. The van der Waals surface area contributed by atoms with E-state index in [2.05, 4.69) is 84.9 Å². The van der Waals surface area contributed by atoms with E-state index in [1.165, 1.54) is 38.6 Å². The van der Waals surface area contributed by atoms with Crippen LogP contribution >= 0.6 is 0 Å². The van der Waals surface area contributed by atoms with Crippen molar-refractivity contribution in [2.24, 2.45) is 0 Å². The van der Waals surface area contributed by atoms with Gasteiger partial charge in [-0.15, -0.1) is 40.6 Å². The number of halogens is 3. The molecule has 0 atom stereocenters. The van der Waals surface area contributed by atoms with Gasteiger partial charge in [0.05, 0.1) is 0 Å². The summed E-state index contributed by atoms with van der Waals surface area (Å²) in [6.45, 7) is 0. The maximum absolute atomic E-state index is 2.35. The molecule has 4 heteroatoms. The Balaban J connectivity index is 0.000000845. The van der Waals surface area contributed by atoms with Crippen LogP contribution in [0.1, 0.15) is 22.6 Å². The van der Waals surface area contributed by atoms with Gasteiger partial charge in [0.25, 0.3) is 0 Å². The second kappa shape index (κ2) is 9.17. The molecule has 1 aliphatic rings. The second-order valence-corrected chi connectivity index (χ2v) is 6.03. The van der Waals surface area contributed by atoms with Crippen molar-refractivity contribution in [1.82, 2.24) is 0 Å². The summed E-state index contributed by atoms with van der Waals surface area (Å²) in [6, 6.07) is 30.9. The first-order valence-electron chi connectivity index (χ1n) is 7.75. The maximum Gasteiger partial charge on any atom is 4.00 e. The minimum absolute atomic E-state index is 0. The van der Waals surface area contributed by atoms with Crippen LogP contribution in [0, 0.1) is 0 Å². The largest absolute Gasteiger partial charge is 4.00 e. The Morgan fingerprint density at radius 2 is 1.12 bits per heavy atom. The van der Waals surface area contributed by atoms with Gasteiger partial charge in [-0.05, 0) is 22.3 Å². The Bertz CT molecular complexity index is 928. The minimum Gasteiger partial charge on any atom is -1.00 e. The summed E-state index contributed by atoms with van der Waals surface area (Å²) in [5.41, 5.74) is 7.03. The normalized spacial score (nSPS) is 11.2. The summed E-state index contributed by atoms with van der Waals surface area (Å²) >= 11 is 0. The summed E-state index contributed by atoms with van der Waals surface area (Å²) in [5, 5.41) is 2.67. The van der Waals surface area contributed by atoms with Crippen molar-refractivity contribution < 1.29 is 58.9 Å². The van der Waals surface area contributed by atoms with E-state index in [-0.39, 0.29) is 58.9 Å². The smallest absolute Gasteiger partial charge is 1.00 e. The monoisotopic (exact) mass is 432 g/mol. The summed E-state index contributed by atoms with van der Waals surface area (Å²) in [6.07, 6.45) is 0.